The summed E-state index contributed by atoms with van der Waals surface area (Å²) in [7, 11) is 0. The predicted octanol–water partition coefficient (Wildman–Crippen LogP) is 0.0156. The van der Waals surface area contributed by atoms with E-state index < -0.39 is 24.0 Å². The lowest BCUT2D eigenvalue weighted by molar-refractivity contribution is -0.141. The van der Waals surface area contributed by atoms with E-state index >= 15 is 0 Å². The van der Waals surface area contributed by atoms with Gasteiger partial charge in [-0.2, -0.15) is 0 Å². The van der Waals surface area contributed by atoms with Gasteiger partial charge in [-0.15, -0.1) is 0 Å². The first-order chi connectivity index (χ1) is 8.88. The molecule has 0 aromatic heterocycles. The second-order valence-corrected chi connectivity index (χ2v) is 4.77. The van der Waals surface area contributed by atoms with Crippen molar-refractivity contribution in [2.75, 3.05) is 13.1 Å². The van der Waals surface area contributed by atoms with Crippen LogP contribution in [0.2, 0.25) is 0 Å². The molecule has 3 unspecified atom stereocenters. The highest BCUT2D eigenvalue weighted by Crippen LogP contribution is 2.10. The summed E-state index contributed by atoms with van der Waals surface area (Å²) in [5, 5.41) is 14.2. The van der Waals surface area contributed by atoms with Crippen LogP contribution in [-0.2, 0) is 9.59 Å². The summed E-state index contributed by atoms with van der Waals surface area (Å²) in [4.78, 5) is 36.0. The summed E-state index contributed by atoms with van der Waals surface area (Å²) in [6.07, 6.45) is 0.530. The van der Waals surface area contributed by atoms with E-state index in [4.69, 9.17) is 5.11 Å². The van der Waals surface area contributed by atoms with Crippen molar-refractivity contribution in [2.45, 2.75) is 39.3 Å². The van der Waals surface area contributed by atoms with Gasteiger partial charge in [0.2, 0.25) is 5.91 Å². The Morgan fingerprint density at radius 2 is 2.16 bits per heavy atom. The number of nitrogens with zero attached hydrogens (tertiary/aromatic N) is 1. The van der Waals surface area contributed by atoms with Gasteiger partial charge in [0.1, 0.15) is 6.04 Å². The largest absolute Gasteiger partial charge is 0.481 e. The average molecular weight is 271 g/mol. The minimum absolute atomic E-state index is 0.164. The zero-order valence-corrected chi connectivity index (χ0v) is 11.5. The lowest BCUT2D eigenvalue weighted by atomic mass is 10.0. The van der Waals surface area contributed by atoms with Crippen molar-refractivity contribution in [3.63, 3.8) is 0 Å². The molecule has 1 rings (SSSR count). The van der Waals surface area contributed by atoms with Gasteiger partial charge < -0.3 is 20.6 Å². The Labute approximate surface area is 112 Å². The summed E-state index contributed by atoms with van der Waals surface area (Å²) in [6, 6.07) is -1.36. The van der Waals surface area contributed by atoms with Gasteiger partial charge in [-0.1, -0.05) is 6.92 Å². The molecule has 1 saturated heterocycles. The van der Waals surface area contributed by atoms with Crippen LogP contribution in [0.4, 0.5) is 4.79 Å². The number of carbonyl (C=O) groups excluding carboxylic acids is 2. The van der Waals surface area contributed by atoms with Crippen LogP contribution in [0.3, 0.4) is 0 Å². The number of hydrogen-bond acceptors (Lipinski definition) is 3. The van der Waals surface area contributed by atoms with E-state index in [1.165, 1.54) is 11.8 Å². The van der Waals surface area contributed by atoms with Gasteiger partial charge in [0.15, 0.2) is 0 Å². The minimum atomic E-state index is -0.962. The van der Waals surface area contributed by atoms with Gasteiger partial charge >= 0.3 is 12.0 Å². The monoisotopic (exact) mass is 271 g/mol. The molecule has 0 saturated carbocycles. The molecule has 19 heavy (non-hydrogen) atoms. The number of nitrogens with one attached hydrogen (secondary N) is 2. The molecule has 0 aromatic rings. The molecule has 1 heterocycles. The summed E-state index contributed by atoms with van der Waals surface area (Å²) >= 11 is 0. The molecular weight excluding hydrogens is 250 g/mol. The molecular formula is C12H21N3O4. The lowest BCUT2D eigenvalue weighted by Gasteiger charge is -2.35. The second kappa shape index (κ2) is 6.40. The first-order valence-corrected chi connectivity index (χ1v) is 6.46. The van der Waals surface area contributed by atoms with Gasteiger partial charge in [-0.25, -0.2) is 4.79 Å². The fourth-order valence-corrected chi connectivity index (χ4v) is 1.98. The van der Waals surface area contributed by atoms with E-state index in [-0.39, 0.29) is 11.9 Å². The Balaban J connectivity index is 2.66. The van der Waals surface area contributed by atoms with Crippen molar-refractivity contribution in [3.8, 4) is 0 Å². The third kappa shape index (κ3) is 3.59. The fourth-order valence-electron chi connectivity index (χ4n) is 1.98. The Bertz CT molecular complexity index is 372. The SMILES string of the molecule is CCC1C(=O)NCCN1C(=O)NC(C)C(C)C(=O)O. The van der Waals surface area contributed by atoms with Crippen LogP contribution in [-0.4, -0.2) is 53.1 Å². The van der Waals surface area contributed by atoms with Crippen LogP contribution in [0.5, 0.6) is 0 Å². The number of aliphatic carboxylic acids is 1. The van der Waals surface area contributed by atoms with Gasteiger partial charge in [0.25, 0.3) is 0 Å². The number of hydrogen-bond donors (Lipinski definition) is 3. The first kappa shape index (κ1) is 15.3. The van der Waals surface area contributed by atoms with Crippen LogP contribution in [0.15, 0.2) is 0 Å². The van der Waals surface area contributed by atoms with Crippen molar-refractivity contribution in [2.24, 2.45) is 5.92 Å². The van der Waals surface area contributed by atoms with E-state index in [9.17, 15) is 14.4 Å². The molecule has 0 radical (unpaired) electrons. The van der Waals surface area contributed by atoms with E-state index in [0.29, 0.717) is 19.5 Å². The second-order valence-electron chi connectivity index (χ2n) is 4.77. The zero-order valence-electron chi connectivity index (χ0n) is 11.5. The third-order valence-electron chi connectivity index (χ3n) is 3.47. The number of carboxylic acid groups (broad SMARTS) is 1. The Kier molecular flexibility index (Phi) is 5.14. The molecule has 0 aliphatic carbocycles. The Hall–Kier alpha value is -1.79. The topological polar surface area (TPSA) is 98.7 Å². The van der Waals surface area contributed by atoms with Crippen molar-refractivity contribution >= 4 is 17.9 Å². The van der Waals surface area contributed by atoms with Crippen LogP contribution in [0.25, 0.3) is 0 Å². The number of carboxylic acids is 1. The van der Waals surface area contributed by atoms with Crippen LogP contribution >= 0.6 is 0 Å². The summed E-state index contributed by atoms with van der Waals surface area (Å²) in [6.45, 7) is 5.87. The summed E-state index contributed by atoms with van der Waals surface area (Å²) < 4.78 is 0. The van der Waals surface area contributed by atoms with Gasteiger partial charge in [-0.3, -0.25) is 9.59 Å². The minimum Gasteiger partial charge on any atom is -0.481 e. The van der Waals surface area contributed by atoms with Gasteiger partial charge in [-0.05, 0) is 20.3 Å². The predicted molar refractivity (Wildman–Crippen MR) is 68.6 cm³/mol. The molecule has 108 valence electrons. The molecule has 0 bridgehead atoms. The van der Waals surface area contributed by atoms with Crippen LogP contribution in [0, 0.1) is 5.92 Å². The molecule has 7 nitrogen and oxygen atoms in total. The number of rotatable bonds is 4. The van der Waals surface area contributed by atoms with Gasteiger partial charge in [0.05, 0.1) is 5.92 Å². The zero-order chi connectivity index (χ0) is 14.6. The number of piperazine rings is 1. The standard InChI is InChI=1S/C12H21N3O4/c1-4-9-10(16)13-5-6-15(9)12(19)14-8(3)7(2)11(17)18/h7-9H,4-6H2,1-3H3,(H,13,16)(H,14,19)(H,17,18). The highest BCUT2D eigenvalue weighted by molar-refractivity contribution is 5.88. The highest BCUT2D eigenvalue weighted by atomic mass is 16.4. The molecule has 1 aliphatic heterocycles. The van der Waals surface area contributed by atoms with E-state index in [2.05, 4.69) is 10.6 Å². The average Bonchev–Trinajstić information content (AvgIpc) is 2.37. The van der Waals surface area contributed by atoms with Crippen LogP contribution < -0.4 is 10.6 Å². The maximum atomic E-state index is 12.1. The number of amides is 3. The van der Waals surface area contributed by atoms with E-state index in [1.54, 1.807) is 6.92 Å². The fraction of sp³-hybridized carbons (Fsp3) is 0.750. The molecule has 3 N–H and O–H groups in total. The van der Waals surface area contributed by atoms with Crippen molar-refractivity contribution < 1.29 is 19.5 Å². The Morgan fingerprint density at radius 1 is 1.53 bits per heavy atom. The van der Waals surface area contributed by atoms with Gasteiger partial charge in [0, 0.05) is 19.1 Å². The first-order valence-electron chi connectivity index (χ1n) is 6.46. The maximum Gasteiger partial charge on any atom is 0.318 e. The van der Waals surface area contributed by atoms with Crippen molar-refractivity contribution in [1.82, 2.24) is 15.5 Å². The summed E-state index contributed by atoms with van der Waals surface area (Å²) in [5.74, 6) is -1.80. The molecule has 1 aliphatic rings. The molecule has 0 aromatic carbocycles. The lowest BCUT2D eigenvalue weighted by Crippen LogP contribution is -2.60. The molecule has 1 fully saturated rings. The van der Waals surface area contributed by atoms with Crippen LogP contribution in [0.1, 0.15) is 27.2 Å². The molecule has 3 atom stereocenters. The molecule has 7 heteroatoms. The van der Waals surface area contributed by atoms with Crippen molar-refractivity contribution in [3.05, 3.63) is 0 Å². The molecule has 3 amide bonds. The quantitative estimate of drug-likeness (QED) is 0.671. The normalized spacial score (nSPS) is 22.4. The smallest absolute Gasteiger partial charge is 0.318 e. The number of carbonyl (C=O) groups is 3. The maximum absolute atomic E-state index is 12.1. The van der Waals surface area contributed by atoms with E-state index in [1.807, 2.05) is 6.92 Å². The summed E-state index contributed by atoms with van der Waals surface area (Å²) in [5.41, 5.74) is 0. The Morgan fingerprint density at radius 3 is 2.68 bits per heavy atom. The number of urea groups is 1. The van der Waals surface area contributed by atoms with E-state index in [0.717, 1.165) is 0 Å². The van der Waals surface area contributed by atoms with Crippen molar-refractivity contribution in [1.29, 1.82) is 0 Å². The molecule has 0 spiro atoms. The third-order valence-corrected chi connectivity index (χ3v) is 3.47. The highest BCUT2D eigenvalue weighted by Gasteiger charge is 2.33.